The first-order chi connectivity index (χ1) is 14.2. The quantitative estimate of drug-likeness (QED) is 0.509. The van der Waals surface area contributed by atoms with E-state index >= 15 is 0 Å². The Kier molecular flexibility index (Phi) is 3.98. The third kappa shape index (κ3) is 2.98. The molecule has 0 aliphatic heterocycles. The van der Waals surface area contributed by atoms with Crippen molar-refractivity contribution in [2.24, 2.45) is 0 Å². The largest absolute Gasteiger partial charge is 0.314 e. The maximum absolute atomic E-state index is 4.67. The van der Waals surface area contributed by atoms with Gasteiger partial charge in [0.15, 0.2) is 5.65 Å². The van der Waals surface area contributed by atoms with Crippen LogP contribution in [0.3, 0.4) is 0 Å². The Morgan fingerprint density at radius 1 is 1.03 bits per heavy atom. The molecule has 1 aromatic carbocycles. The molecule has 0 saturated heterocycles. The van der Waals surface area contributed by atoms with Crippen LogP contribution in [0.2, 0.25) is 0 Å². The van der Waals surface area contributed by atoms with Gasteiger partial charge in [-0.05, 0) is 29.8 Å². The molecule has 0 amide bonds. The monoisotopic (exact) mass is 383 g/mol. The normalized spacial score (nSPS) is 11.1. The van der Waals surface area contributed by atoms with E-state index in [9.17, 15) is 0 Å². The van der Waals surface area contributed by atoms with Crippen molar-refractivity contribution in [3.05, 3.63) is 66.6 Å². The van der Waals surface area contributed by atoms with E-state index in [2.05, 4.69) is 35.7 Å². The van der Waals surface area contributed by atoms with Crippen molar-refractivity contribution < 1.29 is 0 Å². The van der Waals surface area contributed by atoms with Gasteiger partial charge < -0.3 is 4.90 Å². The second kappa shape index (κ2) is 6.79. The van der Waals surface area contributed by atoms with Crippen LogP contribution >= 0.6 is 0 Å². The van der Waals surface area contributed by atoms with Gasteiger partial charge >= 0.3 is 0 Å². The number of rotatable bonds is 4. The van der Waals surface area contributed by atoms with Crippen molar-refractivity contribution in [3.8, 4) is 22.5 Å². The molecule has 4 heterocycles. The lowest BCUT2D eigenvalue weighted by atomic mass is 10.0. The molecule has 0 aliphatic rings. The van der Waals surface area contributed by atoms with E-state index in [0.29, 0.717) is 5.82 Å². The predicted octanol–water partition coefficient (Wildman–Crippen LogP) is 3.05. The van der Waals surface area contributed by atoms with Gasteiger partial charge in [-0.2, -0.15) is 14.8 Å². The van der Waals surface area contributed by atoms with Gasteiger partial charge in [0.1, 0.15) is 11.6 Å². The average Bonchev–Trinajstić information content (AvgIpc) is 3.45. The maximum atomic E-state index is 4.67. The van der Waals surface area contributed by atoms with Crippen LogP contribution in [0.25, 0.3) is 28.2 Å². The Morgan fingerprint density at radius 3 is 2.66 bits per heavy atom. The van der Waals surface area contributed by atoms with Crippen LogP contribution < -0.4 is 4.90 Å². The van der Waals surface area contributed by atoms with Crippen LogP contribution in [-0.2, 0) is 0 Å². The van der Waals surface area contributed by atoms with E-state index in [0.717, 1.165) is 39.7 Å². The molecule has 0 bridgehead atoms. The van der Waals surface area contributed by atoms with Crippen LogP contribution in [-0.4, -0.2) is 47.3 Å². The summed E-state index contributed by atoms with van der Waals surface area (Å²) >= 11 is 0. The molecule has 0 unspecified atom stereocenters. The van der Waals surface area contributed by atoms with Crippen molar-refractivity contribution in [2.45, 2.75) is 6.92 Å². The van der Waals surface area contributed by atoms with Gasteiger partial charge in [0.2, 0.25) is 5.82 Å². The highest BCUT2D eigenvalue weighted by atomic mass is 15.5. The van der Waals surface area contributed by atoms with Crippen LogP contribution in [0.15, 0.2) is 60.9 Å². The van der Waals surface area contributed by atoms with Crippen molar-refractivity contribution >= 4 is 17.3 Å². The molecule has 142 valence electrons. The molecule has 5 rings (SSSR count). The lowest BCUT2D eigenvalue weighted by Crippen LogP contribution is -2.16. The SMILES string of the molecule is Cc1cc(N(C)c2ccc(-c3ccccc3-c3nn[nH]n3)cn2)n2nccc2n1. The number of nitrogens with zero attached hydrogens (tertiary/aromatic N) is 8. The molecule has 5 aromatic rings. The third-order valence-corrected chi connectivity index (χ3v) is 4.73. The van der Waals surface area contributed by atoms with E-state index in [1.807, 2.05) is 73.6 Å². The number of benzene rings is 1. The highest BCUT2D eigenvalue weighted by molar-refractivity contribution is 5.80. The highest BCUT2D eigenvalue weighted by Gasteiger charge is 2.14. The summed E-state index contributed by atoms with van der Waals surface area (Å²) in [6.07, 6.45) is 3.59. The number of aromatic nitrogens is 8. The zero-order chi connectivity index (χ0) is 19.8. The Hall–Kier alpha value is -4.14. The zero-order valence-corrected chi connectivity index (χ0v) is 15.9. The summed E-state index contributed by atoms with van der Waals surface area (Å²) in [6.45, 7) is 1.97. The second-order valence-corrected chi connectivity index (χ2v) is 6.60. The predicted molar refractivity (Wildman–Crippen MR) is 109 cm³/mol. The third-order valence-electron chi connectivity index (χ3n) is 4.73. The Balaban J connectivity index is 1.52. The topological polar surface area (TPSA) is 101 Å². The van der Waals surface area contributed by atoms with Crippen molar-refractivity contribution in [2.75, 3.05) is 11.9 Å². The summed E-state index contributed by atoms with van der Waals surface area (Å²) < 4.78 is 1.80. The Morgan fingerprint density at radius 2 is 1.90 bits per heavy atom. The molecule has 9 nitrogen and oxygen atoms in total. The Bertz CT molecular complexity index is 1270. The van der Waals surface area contributed by atoms with Crippen molar-refractivity contribution in [3.63, 3.8) is 0 Å². The molecule has 0 aliphatic carbocycles. The zero-order valence-electron chi connectivity index (χ0n) is 15.9. The fourth-order valence-corrected chi connectivity index (χ4v) is 3.32. The van der Waals surface area contributed by atoms with E-state index < -0.39 is 0 Å². The van der Waals surface area contributed by atoms with Gasteiger partial charge in [-0.1, -0.05) is 24.3 Å². The van der Waals surface area contributed by atoms with Crippen molar-refractivity contribution in [1.82, 2.24) is 40.2 Å². The Labute approximate surface area is 166 Å². The number of tetrazole rings is 1. The number of anilines is 2. The summed E-state index contributed by atoms with van der Waals surface area (Å²) in [5.41, 5.74) is 4.58. The summed E-state index contributed by atoms with van der Waals surface area (Å²) in [5.74, 6) is 2.24. The molecule has 0 atom stereocenters. The molecule has 0 fully saturated rings. The van der Waals surface area contributed by atoms with Crippen molar-refractivity contribution in [1.29, 1.82) is 0 Å². The first kappa shape index (κ1) is 17.0. The molecule has 0 spiro atoms. The number of aromatic amines is 1. The second-order valence-electron chi connectivity index (χ2n) is 6.60. The van der Waals surface area contributed by atoms with Crippen LogP contribution in [0.1, 0.15) is 5.69 Å². The standard InChI is InChI=1S/C20H17N9/c1-13-11-19(29-18(23-13)9-10-22-29)28(2)17-8-7-14(12-21-17)15-5-3-4-6-16(15)20-24-26-27-25-20/h3-12H,1-2H3,(H,24,25,26,27). The smallest absolute Gasteiger partial charge is 0.205 e. The van der Waals surface area contributed by atoms with Crippen LogP contribution in [0.5, 0.6) is 0 Å². The lowest BCUT2D eigenvalue weighted by molar-refractivity contribution is 0.881. The number of aryl methyl sites for hydroxylation is 1. The minimum atomic E-state index is 0.551. The number of pyridine rings is 1. The molecule has 1 N–H and O–H groups in total. The maximum Gasteiger partial charge on any atom is 0.205 e. The molecule has 4 aromatic heterocycles. The van der Waals surface area contributed by atoms with Gasteiger partial charge in [-0.15, -0.1) is 10.2 Å². The van der Waals surface area contributed by atoms with E-state index in [1.165, 1.54) is 0 Å². The van der Waals surface area contributed by atoms with Crippen LogP contribution in [0, 0.1) is 6.92 Å². The molecule has 0 radical (unpaired) electrons. The number of fused-ring (bicyclic) bond motifs is 1. The van der Waals surface area contributed by atoms with Crippen LogP contribution in [0.4, 0.5) is 11.6 Å². The minimum Gasteiger partial charge on any atom is -0.314 e. The molecule has 9 heteroatoms. The first-order valence-electron chi connectivity index (χ1n) is 9.05. The van der Waals surface area contributed by atoms with Gasteiger partial charge in [0, 0.05) is 42.2 Å². The van der Waals surface area contributed by atoms with E-state index in [4.69, 9.17) is 0 Å². The molecule has 29 heavy (non-hydrogen) atoms. The summed E-state index contributed by atoms with van der Waals surface area (Å²) in [7, 11) is 1.96. The first-order valence-corrected chi connectivity index (χ1v) is 9.05. The van der Waals surface area contributed by atoms with Gasteiger partial charge in [-0.3, -0.25) is 0 Å². The molecular formula is C20H17N9. The van der Waals surface area contributed by atoms with E-state index in [1.54, 1.807) is 10.7 Å². The average molecular weight is 383 g/mol. The number of nitrogens with one attached hydrogen (secondary N) is 1. The summed E-state index contributed by atoms with van der Waals surface area (Å²) in [6, 6.07) is 15.8. The number of hydrogen-bond donors (Lipinski definition) is 1. The highest BCUT2D eigenvalue weighted by Crippen LogP contribution is 2.31. The number of hydrogen-bond acceptors (Lipinski definition) is 7. The van der Waals surface area contributed by atoms with E-state index in [-0.39, 0.29) is 0 Å². The fraction of sp³-hybridized carbons (Fsp3) is 0.100. The van der Waals surface area contributed by atoms with Gasteiger partial charge in [0.05, 0.1) is 6.20 Å². The van der Waals surface area contributed by atoms with Gasteiger partial charge in [0.25, 0.3) is 0 Å². The minimum absolute atomic E-state index is 0.551. The molecule has 0 saturated carbocycles. The van der Waals surface area contributed by atoms with Gasteiger partial charge in [-0.25, -0.2) is 9.97 Å². The summed E-state index contributed by atoms with van der Waals surface area (Å²) in [4.78, 5) is 11.2. The molecular weight excluding hydrogens is 366 g/mol. The number of H-pyrrole nitrogens is 1. The summed E-state index contributed by atoms with van der Waals surface area (Å²) in [5, 5.41) is 18.7. The fourth-order valence-electron chi connectivity index (χ4n) is 3.32. The lowest BCUT2D eigenvalue weighted by Gasteiger charge is -2.20.